The average Bonchev–Trinajstić information content (AvgIpc) is 2.28. The van der Waals surface area contributed by atoms with E-state index in [4.69, 9.17) is 5.73 Å². The molecule has 0 amide bonds. The van der Waals surface area contributed by atoms with Crippen molar-refractivity contribution in [2.24, 2.45) is 5.73 Å². The van der Waals surface area contributed by atoms with Crippen molar-refractivity contribution in [1.29, 1.82) is 0 Å². The number of hydrogen-bond donors (Lipinski definition) is 1. The molecule has 0 radical (unpaired) electrons. The molecule has 0 heterocycles. The molecule has 0 bridgehead atoms. The van der Waals surface area contributed by atoms with Crippen molar-refractivity contribution in [3.63, 3.8) is 0 Å². The van der Waals surface area contributed by atoms with Crippen molar-refractivity contribution in [3.8, 4) is 0 Å². The van der Waals surface area contributed by atoms with Crippen LogP contribution in [0.5, 0.6) is 0 Å². The van der Waals surface area contributed by atoms with Gasteiger partial charge in [-0.1, -0.05) is 25.1 Å². The highest BCUT2D eigenvalue weighted by atomic mass is 32.2. The third-order valence-corrected chi connectivity index (χ3v) is 4.90. The molecule has 1 atom stereocenters. The molecule has 1 unspecified atom stereocenters. The Labute approximate surface area is 104 Å². The summed E-state index contributed by atoms with van der Waals surface area (Å²) in [4.78, 5) is 0.449. The molecule has 4 heteroatoms. The van der Waals surface area contributed by atoms with Crippen molar-refractivity contribution in [2.45, 2.75) is 44.0 Å². The first kappa shape index (κ1) is 14.2. The van der Waals surface area contributed by atoms with Crippen LogP contribution in [0.3, 0.4) is 0 Å². The van der Waals surface area contributed by atoms with E-state index in [9.17, 15) is 8.42 Å². The van der Waals surface area contributed by atoms with Crippen LogP contribution in [0.4, 0.5) is 0 Å². The van der Waals surface area contributed by atoms with Crippen molar-refractivity contribution in [2.75, 3.05) is 5.75 Å². The smallest absolute Gasteiger partial charge is 0.178 e. The Morgan fingerprint density at radius 3 is 2.53 bits per heavy atom. The summed E-state index contributed by atoms with van der Waals surface area (Å²) in [7, 11) is -3.15. The fourth-order valence-electron chi connectivity index (χ4n) is 1.75. The summed E-state index contributed by atoms with van der Waals surface area (Å²) in [5.74, 6) is 0.186. The Balaban J connectivity index is 2.67. The molecule has 0 spiro atoms. The van der Waals surface area contributed by atoms with Gasteiger partial charge >= 0.3 is 0 Å². The lowest BCUT2D eigenvalue weighted by Gasteiger charge is -2.10. The number of nitrogens with two attached hydrogens (primary N) is 1. The van der Waals surface area contributed by atoms with Crippen molar-refractivity contribution in [1.82, 2.24) is 0 Å². The Kier molecular flexibility index (Phi) is 5.15. The Hall–Kier alpha value is -0.870. The van der Waals surface area contributed by atoms with E-state index < -0.39 is 9.84 Å². The van der Waals surface area contributed by atoms with E-state index in [1.807, 2.05) is 26.0 Å². The molecule has 2 N–H and O–H groups in total. The van der Waals surface area contributed by atoms with Crippen LogP contribution in [-0.2, 0) is 9.84 Å². The minimum absolute atomic E-state index is 0.113. The molecule has 0 aromatic heterocycles. The van der Waals surface area contributed by atoms with Crippen molar-refractivity contribution in [3.05, 3.63) is 29.8 Å². The van der Waals surface area contributed by atoms with E-state index in [0.29, 0.717) is 11.3 Å². The molecule has 0 fully saturated rings. The summed E-state index contributed by atoms with van der Waals surface area (Å²) in [5, 5.41) is 0. The first-order valence-electron chi connectivity index (χ1n) is 6.01. The number of rotatable bonds is 6. The second-order valence-electron chi connectivity index (χ2n) is 4.39. The largest absolute Gasteiger partial charge is 0.328 e. The maximum atomic E-state index is 12.1. The fraction of sp³-hybridized carbons (Fsp3) is 0.538. The molecule has 3 nitrogen and oxygen atoms in total. The lowest BCUT2D eigenvalue weighted by molar-refractivity contribution is 0.567. The van der Waals surface area contributed by atoms with Gasteiger partial charge in [-0.3, -0.25) is 0 Å². The summed E-state index contributed by atoms with van der Waals surface area (Å²) in [5.41, 5.74) is 6.59. The minimum Gasteiger partial charge on any atom is -0.328 e. The quantitative estimate of drug-likeness (QED) is 0.848. The highest BCUT2D eigenvalue weighted by Gasteiger charge is 2.16. The maximum absolute atomic E-state index is 12.1. The van der Waals surface area contributed by atoms with Crippen LogP contribution in [0.15, 0.2) is 29.2 Å². The molecule has 1 aromatic carbocycles. The first-order chi connectivity index (χ1) is 7.97. The number of hydrogen-bond acceptors (Lipinski definition) is 3. The third-order valence-electron chi connectivity index (χ3n) is 2.94. The normalized spacial score (nSPS) is 13.6. The van der Waals surface area contributed by atoms with Crippen molar-refractivity contribution >= 4 is 9.84 Å². The van der Waals surface area contributed by atoms with E-state index in [2.05, 4.69) is 0 Å². The van der Waals surface area contributed by atoms with Gasteiger partial charge < -0.3 is 5.73 Å². The van der Waals surface area contributed by atoms with E-state index in [1.165, 1.54) is 0 Å². The van der Waals surface area contributed by atoms with Crippen LogP contribution in [0, 0.1) is 6.92 Å². The molecule has 17 heavy (non-hydrogen) atoms. The van der Waals surface area contributed by atoms with Crippen molar-refractivity contribution < 1.29 is 8.42 Å². The van der Waals surface area contributed by atoms with Gasteiger partial charge in [-0.25, -0.2) is 8.42 Å². The van der Waals surface area contributed by atoms with E-state index in [1.54, 1.807) is 12.1 Å². The van der Waals surface area contributed by atoms with Gasteiger partial charge in [0.1, 0.15) is 0 Å². The molecule has 96 valence electrons. The molecule has 0 aliphatic carbocycles. The van der Waals surface area contributed by atoms with Gasteiger partial charge in [0.2, 0.25) is 0 Å². The van der Waals surface area contributed by atoms with Crippen LogP contribution in [-0.4, -0.2) is 20.2 Å². The first-order valence-corrected chi connectivity index (χ1v) is 7.66. The molecule has 0 aliphatic rings. The number of benzene rings is 1. The summed E-state index contributed by atoms with van der Waals surface area (Å²) < 4.78 is 24.2. The zero-order chi connectivity index (χ0) is 12.9. The van der Waals surface area contributed by atoms with Gasteiger partial charge in [0.15, 0.2) is 9.84 Å². The Morgan fingerprint density at radius 1 is 1.29 bits per heavy atom. The second kappa shape index (κ2) is 6.17. The summed E-state index contributed by atoms with van der Waals surface area (Å²) in [6.45, 7) is 3.84. The number of aryl methyl sites for hydroxylation is 1. The maximum Gasteiger partial charge on any atom is 0.178 e. The predicted molar refractivity (Wildman–Crippen MR) is 70.7 cm³/mol. The predicted octanol–water partition coefficient (Wildman–Crippen LogP) is 2.29. The van der Waals surface area contributed by atoms with Crippen LogP contribution in [0.25, 0.3) is 0 Å². The van der Waals surface area contributed by atoms with Crippen LogP contribution < -0.4 is 5.73 Å². The molecule has 0 aliphatic heterocycles. The SMILES string of the molecule is CCC(N)CCCS(=O)(=O)c1ccccc1C. The molecule has 1 rings (SSSR count). The monoisotopic (exact) mass is 255 g/mol. The zero-order valence-electron chi connectivity index (χ0n) is 10.5. The van der Waals surface area contributed by atoms with Crippen LogP contribution in [0.2, 0.25) is 0 Å². The lowest BCUT2D eigenvalue weighted by atomic mass is 10.1. The Bertz CT molecular complexity index is 454. The summed E-state index contributed by atoms with van der Waals surface area (Å²) >= 11 is 0. The highest BCUT2D eigenvalue weighted by molar-refractivity contribution is 7.91. The van der Waals surface area contributed by atoms with Gasteiger partial charge in [-0.05, 0) is 37.8 Å². The second-order valence-corrected chi connectivity index (χ2v) is 6.47. The Morgan fingerprint density at radius 2 is 1.94 bits per heavy atom. The fourth-order valence-corrected chi connectivity index (χ4v) is 3.37. The van der Waals surface area contributed by atoms with Gasteiger partial charge in [0.05, 0.1) is 10.6 Å². The molecular weight excluding hydrogens is 234 g/mol. The van der Waals surface area contributed by atoms with Crippen LogP contribution >= 0.6 is 0 Å². The lowest BCUT2D eigenvalue weighted by Crippen LogP contribution is -2.20. The van der Waals surface area contributed by atoms with Crippen LogP contribution in [0.1, 0.15) is 31.7 Å². The average molecular weight is 255 g/mol. The van der Waals surface area contributed by atoms with Gasteiger partial charge in [-0.2, -0.15) is 0 Å². The standard InChI is InChI=1S/C13H21NO2S/c1-3-12(14)8-6-10-17(15,16)13-9-5-4-7-11(13)2/h4-5,7,9,12H,3,6,8,10,14H2,1-2H3. The third kappa shape index (κ3) is 4.13. The van der Waals surface area contributed by atoms with E-state index in [-0.39, 0.29) is 11.8 Å². The molecule has 0 saturated carbocycles. The number of sulfone groups is 1. The summed E-state index contributed by atoms with van der Waals surface area (Å²) in [6, 6.07) is 7.22. The zero-order valence-corrected chi connectivity index (χ0v) is 11.3. The van der Waals surface area contributed by atoms with E-state index in [0.717, 1.165) is 18.4 Å². The molecular formula is C13H21NO2S. The molecule has 1 aromatic rings. The van der Waals surface area contributed by atoms with Gasteiger partial charge in [0, 0.05) is 6.04 Å². The molecule has 0 saturated heterocycles. The van der Waals surface area contributed by atoms with Gasteiger partial charge in [0.25, 0.3) is 0 Å². The highest BCUT2D eigenvalue weighted by Crippen LogP contribution is 2.17. The minimum atomic E-state index is -3.15. The topological polar surface area (TPSA) is 60.2 Å². The summed E-state index contributed by atoms with van der Waals surface area (Å²) in [6.07, 6.45) is 2.29. The van der Waals surface area contributed by atoms with Gasteiger partial charge in [-0.15, -0.1) is 0 Å². The van der Waals surface area contributed by atoms with E-state index >= 15 is 0 Å².